The van der Waals surface area contributed by atoms with Gasteiger partial charge in [0.2, 0.25) is 5.22 Å². The molecular weight excluding hydrogens is 182 g/mol. The predicted octanol–water partition coefficient (Wildman–Crippen LogP) is 2.26. The number of rotatable bonds is 0. The van der Waals surface area contributed by atoms with Crippen LogP contribution < -0.4 is 0 Å². The lowest BCUT2D eigenvalue weighted by molar-refractivity contribution is -0.556. The molecule has 0 unspecified atom stereocenters. The molecule has 0 bridgehead atoms. The van der Waals surface area contributed by atoms with Gasteiger partial charge in [-0.1, -0.05) is 30.4 Å². The normalized spacial score (nSPS) is 26.1. The summed E-state index contributed by atoms with van der Waals surface area (Å²) in [4.78, 5) is 15.8. The minimum Gasteiger partial charge on any atom is -0.245 e. The second kappa shape index (κ2) is 6.47. The molecular formula is C9H10N3O2+. The minimum atomic E-state index is 0.143. The van der Waals surface area contributed by atoms with E-state index in [0.717, 1.165) is 0 Å². The maximum atomic E-state index is 10.8. The van der Waals surface area contributed by atoms with Crippen molar-refractivity contribution in [3.05, 3.63) is 53.7 Å². The molecule has 1 heterocycles. The monoisotopic (exact) mass is 192 g/mol. The topological polar surface area (TPSA) is 54.0 Å². The molecule has 14 heavy (non-hydrogen) atoms. The van der Waals surface area contributed by atoms with Gasteiger partial charge in [0.15, 0.2) is 12.8 Å². The fourth-order valence-corrected chi connectivity index (χ4v) is 0.692. The zero-order chi connectivity index (χ0) is 10.1. The fourth-order valence-electron chi connectivity index (χ4n) is 0.692. The van der Waals surface area contributed by atoms with E-state index in [4.69, 9.17) is 0 Å². The highest BCUT2D eigenvalue weighted by atomic mass is 16.6. The Balaban J connectivity index is 2.64. The van der Waals surface area contributed by atoms with Crippen LogP contribution in [0.5, 0.6) is 0 Å². The molecule has 0 amide bonds. The first kappa shape index (κ1) is 10.0. The summed E-state index contributed by atoms with van der Waals surface area (Å²) in [6.45, 7) is 0.143. The molecule has 0 aromatic carbocycles. The Morgan fingerprint density at radius 3 is 2.64 bits per heavy atom. The molecule has 72 valence electrons. The zero-order valence-corrected chi connectivity index (χ0v) is 7.48. The highest BCUT2D eigenvalue weighted by Crippen LogP contribution is 1.88. The second-order valence-electron chi connectivity index (χ2n) is 2.34. The van der Waals surface area contributed by atoms with Crippen LogP contribution in [0.1, 0.15) is 0 Å². The van der Waals surface area contributed by atoms with E-state index in [0.29, 0.717) is 4.87 Å². The molecule has 0 saturated heterocycles. The van der Waals surface area contributed by atoms with E-state index < -0.39 is 0 Å². The van der Waals surface area contributed by atoms with Crippen LogP contribution in [0.2, 0.25) is 0 Å². The Bertz CT molecular complexity index is 327. The van der Waals surface area contributed by atoms with Crippen molar-refractivity contribution in [3.8, 4) is 0 Å². The van der Waals surface area contributed by atoms with Crippen LogP contribution in [0, 0.1) is 4.91 Å². The van der Waals surface area contributed by atoms with Crippen LogP contribution in [-0.2, 0) is 4.84 Å². The Hall–Kier alpha value is -2.04. The molecule has 0 radical (unpaired) electrons. The Morgan fingerprint density at radius 2 is 1.79 bits per heavy atom. The smallest absolute Gasteiger partial charge is 0.245 e. The van der Waals surface area contributed by atoms with E-state index in [2.05, 4.69) is 15.3 Å². The summed E-state index contributed by atoms with van der Waals surface area (Å²) in [6, 6.07) is 0. The molecule has 5 nitrogen and oxygen atoms in total. The average molecular weight is 192 g/mol. The zero-order valence-electron chi connectivity index (χ0n) is 7.48. The van der Waals surface area contributed by atoms with E-state index in [9.17, 15) is 4.91 Å². The standard InChI is InChI=1S/C9H10N3O2/c13-12-8-6-4-2-1-3-5-7-9-14-11-10-12/h1-7,9H,8H2/q+1/b2-1+,5-3-,6-4-,9-7+,11-10?. The molecule has 0 atom stereocenters. The Labute approximate surface area is 81.3 Å². The molecule has 0 N–H and O–H groups in total. The quantitative estimate of drug-likeness (QED) is 0.553. The molecule has 5 heteroatoms. The molecule has 0 saturated carbocycles. The summed E-state index contributed by atoms with van der Waals surface area (Å²) in [5.41, 5.74) is 0. The number of nitrogens with zero attached hydrogens (tertiary/aromatic N) is 3. The van der Waals surface area contributed by atoms with Gasteiger partial charge in [-0.15, -0.1) is 0 Å². The van der Waals surface area contributed by atoms with Gasteiger partial charge in [0, 0.05) is 0 Å². The van der Waals surface area contributed by atoms with Crippen molar-refractivity contribution in [1.29, 1.82) is 0 Å². The second-order valence-corrected chi connectivity index (χ2v) is 2.34. The molecule has 1 aliphatic rings. The number of hydrogen-bond acceptors (Lipinski definition) is 3. The van der Waals surface area contributed by atoms with Crippen LogP contribution in [0.25, 0.3) is 0 Å². The molecule has 0 spiro atoms. The highest BCUT2D eigenvalue weighted by molar-refractivity contribution is 5.14. The van der Waals surface area contributed by atoms with Gasteiger partial charge >= 0.3 is 0 Å². The van der Waals surface area contributed by atoms with E-state index in [1.54, 1.807) is 24.3 Å². The average Bonchev–Trinajstić information content (AvgIpc) is 2.20. The summed E-state index contributed by atoms with van der Waals surface area (Å²) in [5, 5.41) is 6.40. The molecule has 1 rings (SSSR count). The van der Waals surface area contributed by atoms with Gasteiger partial charge in [0.05, 0.1) is 4.87 Å². The first-order chi connectivity index (χ1) is 6.89. The van der Waals surface area contributed by atoms with Crippen molar-refractivity contribution in [2.75, 3.05) is 6.54 Å². The number of hydrogen-bond donors (Lipinski definition) is 0. The summed E-state index contributed by atoms with van der Waals surface area (Å²) in [7, 11) is 0. The first-order valence-corrected chi connectivity index (χ1v) is 4.06. The minimum absolute atomic E-state index is 0.143. The largest absolute Gasteiger partial charge is 0.294 e. The molecule has 0 aromatic heterocycles. The van der Waals surface area contributed by atoms with Gasteiger partial charge in [-0.25, -0.2) is 4.84 Å². The van der Waals surface area contributed by atoms with Gasteiger partial charge in [-0.05, 0) is 17.1 Å². The first-order valence-electron chi connectivity index (χ1n) is 4.06. The molecule has 0 aliphatic carbocycles. The van der Waals surface area contributed by atoms with Gasteiger partial charge in [0.25, 0.3) is 5.28 Å². The van der Waals surface area contributed by atoms with Gasteiger partial charge in [0.1, 0.15) is 0 Å². The van der Waals surface area contributed by atoms with Crippen LogP contribution >= 0.6 is 0 Å². The maximum absolute atomic E-state index is 10.8. The van der Waals surface area contributed by atoms with Crippen LogP contribution in [-0.4, -0.2) is 11.4 Å². The summed E-state index contributed by atoms with van der Waals surface area (Å²) in [6.07, 6.45) is 13.6. The van der Waals surface area contributed by atoms with Gasteiger partial charge < -0.3 is 0 Å². The van der Waals surface area contributed by atoms with Crippen molar-refractivity contribution in [2.45, 2.75) is 0 Å². The van der Waals surface area contributed by atoms with Crippen LogP contribution in [0.15, 0.2) is 59.3 Å². The van der Waals surface area contributed by atoms with Gasteiger partial charge in [-0.3, -0.25) is 0 Å². The third-order valence-corrected chi connectivity index (χ3v) is 1.28. The van der Waals surface area contributed by atoms with E-state index in [1.165, 1.54) is 6.26 Å². The third-order valence-electron chi connectivity index (χ3n) is 1.28. The highest BCUT2D eigenvalue weighted by Gasteiger charge is 1.98. The van der Waals surface area contributed by atoms with Gasteiger partial charge in [-0.2, -0.15) is 0 Å². The van der Waals surface area contributed by atoms with E-state index in [1.807, 2.05) is 18.2 Å². The van der Waals surface area contributed by atoms with Crippen molar-refractivity contribution >= 4 is 0 Å². The summed E-state index contributed by atoms with van der Waals surface area (Å²) < 4.78 is 0. The molecule has 0 aromatic rings. The molecule has 0 fully saturated rings. The third kappa shape index (κ3) is 4.76. The summed E-state index contributed by atoms with van der Waals surface area (Å²) in [5.74, 6) is 0. The Morgan fingerprint density at radius 1 is 1.07 bits per heavy atom. The van der Waals surface area contributed by atoms with Crippen molar-refractivity contribution in [1.82, 2.24) is 0 Å². The number of nitroso groups, excluding NO2 is 1. The predicted molar refractivity (Wildman–Crippen MR) is 51.0 cm³/mol. The molecule has 1 aliphatic heterocycles. The van der Waals surface area contributed by atoms with E-state index in [-0.39, 0.29) is 6.54 Å². The maximum Gasteiger partial charge on any atom is 0.294 e. The lowest BCUT2D eigenvalue weighted by Gasteiger charge is -1.77. The van der Waals surface area contributed by atoms with Crippen molar-refractivity contribution < 1.29 is 9.71 Å². The van der Waals surface area contributed by atoms with Crippen LogP contribution in [0.3, 0.4) is 0 Å². The van der Waals surface area contributed by atoms with Crippen molar-refractivity contribution in [3.63, 3.8) is 0 Å². The number of allylic oxidation sites excluding steroid dienone is 6. The van der Waals surface area contributed by atoms with E-state index >= 15 is 0 Å². The Kier molecular flexibility index (Phi) is 4.64. The van der Waals surface area contributed by atoms with Crippen molar-refractivity contribution in [2.24, 2.45) is 10.5 Å². The van der Waals surface area contributed by atoms with Crippen LogP contribution in [0.4, 0.5) is 0 Å². The summed E-state index contributed by atoms with van der Waals surface area (Å²) >= 11 is 0. The lowest BCUT2D eigenvalue weighted by atomic mass is 10.4. The SMILES string of the molecule is O=[N+]1C\C=C/C=C/C=C\C=C\ON=N1. The lowest BCUT2D eigenvalue weighted by Crippen LogP contribution is -1.97. The fraction of sp³-hybridized carbons (Fsp3) is 0.111.